The molecule has 1 heterocycles. The fourth-order valence-electron chi connectivity index (χ4n) is 3.55. The van der Waals surface area contributed by atoms with E-state index in [1.807, 2.05) is 0 Å². The van der Waals surface area contributed by atoms with Gasteiger partial charge in [0.1, 0.15) is 0 Å². The van der Waals surface area contributed by atoms with E-state index in [1.165, 1.54) is 38.5 Å². The highest BCUT2D eigenvalue weighted by molar-refractivity contribution is 5.77. The minimum absolute atomic E-state index is 0.373. The standard InChI is InChI=1S/C15H28N2O/c1-12(2)16-10-9-15(18)17-11-5-8-14(17)13-6-3-4-7-13/h12-14,16H,3-11H2,1-2H3. The van der Waals surface area contributed by atoms with Crippen molar-refractivity contribution in [3.63, 3.8) is 0 Å². The lowest BCUT2D eigenvalue weighted by Crippen LogP contribution is -2.40. The van der Waals surface area contributed by atoms with Crippen LogP contribution < -0.4 is 5.32 Å². The fraction of sp³-hybridized carbons (Fsp3) is 0.933. The van der Waals surface area contributed by atoms with Gasteiger partial charge in [0.15, 0.2) is 0 Å². The Bertz CT molecular complexity index is 272. The molecule has 1 saturated heterocycles. The van der Waals surface area contributed by atoms with E-state index in [2.05, 4.69) is 24.1 Å². The van der Waals surface area contributed by atoms with Gasteiger partial charge in [-0.15, -0.1) is 0 Å². The minimum atomic E-state index is 0.373. The first-order chi connectivity index (χ1) is 8.68. The van der Waals surface area contributed by atoms with Crippen molar-refractivity contribution in [2.75, 3.05) is 13.1 Å². The summed E-state index contributed by atoms with van der Waals surface area (Å²) in [5.41, 5.74) is 0. The summed E-state index contributed by atoms with van der Waals surface area (Å²) < 4.78 is 0. The zero-order valence-electron chi connectivity index (χ0n) is 12.0. The van der Waals surface area contributed by atoms with Gasteiger partial charge in [0.25, 0.3) is 0 Å². The number of carbonyl (C=O) groups excluding carboxylic acids is 1. The van der Waals surface area contributed by atoms with Crippen LogP contribution in [0.2, 0.25) is 0 Å². The van der Waals surface area contributed by atoms with Crippen molar-refractivity contribution in [1.82, 2.24) is 10.2 Å². The second-order valence-electron chi connectivity index (χ2n) is 6.20. The number of nitrogens with one attached hydrogen (secondary N) is 1. The molecule has 1 N–H and O–H groups in total. The number of hydrogen-bond donors (Lipinski definition) is 1. The van der Waals surface area contributed by atoms with Gasteiger partial charge in [-0.3, -0.25) is 4.79 Å². The van der Waals surface area contributed by atoms with Gasteiger partial charge in [-0.25, -0.2) is 0 Å². The number of nitrogens with zero attached hydrogens (tertiary/aromatic N) is 1. The smallest absolute Gasteiger partial charge is 0.224 e. The monoisotopic (exact) mass is 252 g/mol. The molecule has 18 heavy (non-hydrogen) atoms. The van der Waals surface area contributed by atoms with Crippen LogP contribution in [-0.2, 0) is 4.79 Å². The van der Waals surface area contributed by atoms with Gasteiger partial charge in [0, 0.05) is 31.6 Å². The number of rotatable bonds is 5. The van der Waals surface area contributed by atoms with E-state index >= 15 is 0 Å². The molecule has 1 aliphatic carbocycles. The van der Waals surface area contributed by atoms with Crippen LogP contribution in [0.5, 0.6) is 0 Å². The molecule has 1 amide bonds. The average Bonchev–Trinajstić information content (AvgIpc) is 2.99. The van der Waals surface area contributed by atoms with Crippen LogP contribution >= 0.6 is 0 Å². The summed E-state index contributed by atoms with van der Waals surface area (Å²) >= 11 is 0. The van der Waals surface area contributed by atoms with Crippen molar-refractivity contribution >= 4 is 5.91 Å². The van der Waals surface area contributed by atoms with Gasteiger partial charge in [0.05, 0.1) is 0 Å². The first kappa shape index (κ1) is 13.9. The van der Waals surface area contributed by atoms with Crippen LogP contribution in [0.4, 0.5) is 0 Å². The first-order valence-corrected chi connectivity index (χ1v) is 7.71. The molecule has 0 aromatic heterocycles. The van der Waals surface area contributed by atoms with E-state index in [1.54, 1.807) is 0 Å². The summed E-state index contributed by atoms with van der Waals surface area (Å²) in [5, 5.41) is 3.34. The van der Waals surface area contributed by atoms with Gasteiger partial charge < -0.3 is 10.2 Å². The lowest BCUT2D eigenvalue weighted by molar-refractivity contribution is -0.132. The number of carbonyl (C=O) groups is 1. The second kappa shape index (κ2) is 6.55. The maximum absolute atomic E-state index is 12.3. The van der Waals surface area contributed by atoms with Gasteiger partial charge >= 0.3 is 0 Å². The van der Waals surface area contributed by atoms with E-state index in [9.17, 15) is 4.79 Å². The van der Waals surface area contributed by atoms with Crippen LogP contribution in [0.3, 0.4) is 0 Å². The molecule has 2 fully saturated rings. The third kappa shape index (κ3) is 3.47. The van der Waals surface area contributed by atoms with Gasteiger partial charge in [0.2, 0.25) is 5.91 Å². The zero-order chi connectivity index (χ0) is 13.0. The molecule has 2 aliphatic rings. The summed E-state index contributed by atoms with van der Waals surface area (Å²) in [7, 11) is 0. The molecule has 104 valence electrons. The Morgan fingerprint density at radius 1 is 1.22 bits per heavy atom. The SMILES string of the molecule is CC(C)NCCC(=O)N1CCCC1C1CCCC1. The van der Waals surface area contributed by atoms with Crippen LogP contribution in [-0.4, -0.2) is 36.0 Å². The molecule has 0 spiro atoms. The number of likely N-dealkylation sites (tertiary alicyclic amines) is 1. The largest absolute Gasteiger partial charge is 0.339 e. The van der Waals surface area contributed by atoms with Crippen LogP contribution in [0, 0.1) is 5.92 Å². The van der Waals surface area contributed by atoms with E-state index in [-0.39, 0.29) is 0 Å². The van der Waals surface area contributed by atoms with Crippen LogP contribution in [0.1, 0.15) is 58.8 Å². The molecular weight excluding hydrogens is 224 g/mol. The lowest BCUT2D eigenvalue weighted by Gasteiger charge is -2.29. The van der Waals surface area contributed by atoms with Crippen molar-refractivity contribution in [2.45, 2.75) is 70.9 Å². The fourth-order valence-corrected chi connectivity index (χ4v) is 3.55. The van der Waals surface area contributed by atoms with Crippen molar-refractivity contribution in [2.24, 2.45) is 5.92 Å². The number of amides is 1. The minimum Gasteiger partial charge on any atom is -0.339 e. The molecule has 0 aromatic rings. The summed E-state index contributed by atoms with van der Waals surface area (Å²) in [6, 6.07) is 1.04. The van der Waals surface area contributed by atoms with Gasteiger partial charge in [-0.2, -0.15) is 0 Å². The Hall–Kier alpha value is -0.570. The quantitative estimate of drug-likeness (QED) is 0.815. The Balaban J connectivity index is 1.80. The average molecular weight is 252 g/mol. The lowest BCUT2D eigenvalue weighted by atomic mass is 9.96. The molecule has 0 radical (unpaired) electrons. The summed E-state index contributed by atoms with van der Waals surface area (Å²) in [5.74, 6) is 1.17. The van der Waals surface area contributed by atoms with Crippen LogP contribution in [0.15, 0.2) is 0 Å². The van der Waals surface area contributed by atoms with E-state index in [4.69, 9.17) is 0 Å². The van der Waals surface area contributed by atoms with Crippen molar-refractivity contribution in [3.8, 4) is 0 Å². The summed E-state index contributed by atoms with van der Waals surface area (Å²) in [6.45, 7) is 6.08. The van der Waals surface area contributed by atoms with Crippen molar-refractivity contribution in [3.05, 3.63) is 0 Å². The molecule has 2 rings (SSSR count). The second-order valence-corrected chi connectivity index (χ2v) is 6.20. The predicted molar refractivity (Wildman–Crippen MR) is 74.4 cm³/mol. The molecule has 3 heteroatoms. The molecule has 1 unspecified atom stereocenters. The normalized spacial score (nSPS) is 25.3. The highest BCUT2D eigenvalue weighted by Gasteiger charge is 2.35. The van der Waals surface area contributed by atoms with Gasteiger partial charge in [-0.05, 0) is 31.6 Å². The maximum atomic E-state index is 12.3. The van der Waals surface area contributed by atoms with E-state index in [0.717, 1.165) is 19.0 Å². The molecular formula is C15H28N2O. The molecule has 1 saturated carbocycles. The zero-order valence-corrected chi connectivity index (χ0v) is 12.0. The Morgan fingerprint density at radius 2 is 1.94 bits per heavy atom. The number of hydrogen-bond acceptors (Lipinski definition) is 2. The Labute approximate surface area is 111 Å². The third-order valence-corrected chi connectivity index (χ3v) is 4.46. The van der Waals surface area contributed by atoms with E-state index in [0.29, 0.717) is 24.4 Å². The summed E-state index contributed by atoms with van der Waals surface area (Å²) in [4.78, 5) is 14.5. The third-order valence-electron chi connectivity index (χ3n) is 4.46. The highest BCUT2D eigenvalue weighted by atomic mass is 16.2. The predicted octanol–water partition coefficient (Wildman–Crippen LogP) is 2.56. The molecule has 1 aliphatic heterocycles. The molecule has 0 aromatic carbocycles. The van der Waals surface area contributed by atoms with Crippen molar-refractivity contribution in [1.29, 1.82) is 0 Å². The van der Waals surface area contributed by atoms with Crippen molar-refractivity contribution < 1.29 is 4.79 Å². The Morgan fingerprint density at radius 3 is 2.61 bits per heavy atom. The molecule has 0 bridgehead atoms. The van der Waals surface area contributed by atoms with Crippen LogP contribution in [0.25, 0.3) is 0 Å². The summed E-state index contributed by atoms with van der Waals surface area (Å²) in [6.07, 6.45) is 8.56. The Kier molecular flexibility index (Phi) is 5.04. The molecule has 1 atom stereocenters. The van der Waals surface area contributed by atoms with E-state index < -0.39 is 0 Å². The topological polar surface area (TPSA) is 32.3 Å². The molecule has 3 nitrogen and oxygen atoms in total. The van der Waals surface area contributed by atoms with Gasteiger partial charge in [-0.1, -0.05) is 26.7 Å². The first-order valence-electron chi connectivity index (χ1n) is 7.71. The maximum Gasteiger partial charge on any atom is 0.224 e. The highest BCUT2D eigenvalue weighted by Crippen LogP contribution is 2.35.